The molecule has 2 amide bonds. The minimum absolute atomic E-state index is 0.185. The molecule has 0 radical (unpaired) electrons. The van der Waals surface area contributed by atoms with E-state index in [2.05, 4.69) is 62.6 Å². The lowest BCUT2D eigenvalue weighted by Gasteiger charge is -2.13. The van der Waals surface area contributed by atoms with Crippen LogP contribution in [0.25, 0.3) is 11.1 Å². The van der Waals surface area contributed by atoms with Crippen LogP contribution in [-0.2, 0) is 9.59 Å². The van der Waals surface area contributed by atoms with Gasteiger partial charge in [0.1, 0.15) is 0 Å². The lowest BCUT2D eigenvalue weighted by atomic mass is 9.99. The van der Waals surface area contributed by atoms with Crippen LogP contribution in [0.4, 0.5) is 11.4 Å². The number of anilines is 2. The third-order valence-corrected chi connectivity index (χ3v) is 10.7. The van der Waals surface area contributed by atoms with Crippen LogP contribution in [0.2, 0.25) is 0 Å². The molecule has 2 fully saturated rings. The fraction of sp³-hybridized carbons (Fsp3) is 0.667. The minimum Gasteiger partial charge on any atom is -0.326 e. The zero-order chi connectivity index (χ0) is 32.7. The molecule has 46 heavy (non-hydrogen) atoms. The Kier molecular flexibility index (Phi) is 15.2. The SMILES string of the molecule is CCCCCCCCCCC1CC1C(=O)Nc1ccc(-c2ccc(NC(=O)C3CC3CCCCCCCCCC)c(C)c2)cc1C. The summed E-state index contributed by atoms with van der Waals surface area (Å²) < 4.78 is 0. The number of amides is 2. The van der Waals surface area contributed by atoms with Crippen LogP contribution < -0.4 is 10.6 Å². The van der Waals surface area contributed by atoms with Gasteiger partial charge in [0.05, 0.1) is 0 Å². The van der Waals surface area contributed by atoms with Gasteiger partial charge in [-0.3, -0.25) is 9.59 Å². The standard InChI is InChI=1S/C42H64N2O2/c1-5-7-9-11-13-15-17-19-21-35-29-37(35)41(45)43-39-25-23-33(27-31(39)3)34-24-26-40(32(4)28-34)44-42(46)38-30-36(38)22-20-18-16-14-12-10-8-6-2/h23-28,35-38H,5-22,29-30H2,1-4H3,(H,43,45)(H,44,46). The summed E-state index contributed by atoms with van der Waals surface area (Å²) in [5.41, 5.74) is 6.25. The van der Waals surface area contributed by atoms with Gasteiger partial charge in [-0.1, -0.05) is 129 Å². The summed E-state index contributed by atoms with van der Waals surface area (Å²) >= 11 is 0. The van der Waals surface area contributed by atoms with E-state index < -0.39 is 0 Å². The average Bonchev–Trinajstić information content (AvgIpc) is 3.98. The molecule has 4 nitrogen and oxygen atoms in total. The van der Waals surface area contributed by atoms with Crippen molar-refractivity contribution in [2.45, 2.75) is 156 Å². The molecule has 0 saturated heterocycles. The van der Waals surface area contributed by atoms with E-state index in [-0.39, 0.29) is 23.7 Å². The first-order valence-electron chi connectivity index (χ1n) is 19.2. The monoisotopic (exact) mass is 628 g/mol. The number of carbonyl (C=O) groups is 2. The van der Waals surface area contributed by atoms with Crippen molar-refractivity contribution in [1.82, 2.24) is 0 Å². The molecule has 4 atom stereocenters. The molecule has 2 aliphatic carbocycles. The Bertz CT molecular complexity index is 1140. The zero-order valence-corrected chi connectivity index (χ0v) is 29.7. The van der Waals surface area contributed by atoms with E-state index in [9.17, 15) is 9.59 Å². The summed E-state index contributed by atoms with van der Waals surface area (Å²) in [7, 11) is 0. The number of carbonyl (C=O) groups excluding carboxylic acids is 2. The van der Waals surface area contributed by atoms with E-state index in [1.54, 1.807) is 0 Å². The highest BCUT2D eigenvalue weighted by molar-refractivity contribution is 5.96. The predicted octanol–water partition coefficient (Wildman–Crippen LogP) is 12.2. The number of unbranched alkanes of at least 4 members (excludes halogenated alkanes) is 14. The molecule has 2 aromatic carbocycles. The molecule has 4 unspecified atom stereocenters. The fourth-order valence-corrected chi connectivity index (χ4v) is 7.27. The van der Waals surface area contributed by atoms with Crippen molar-refractivity contribution in [2.24, 2.45) is 23.7 Å². The Labute approximate surface area is 281 Å². The second-order valence-corrected chi connectivity index (χ2v) is 14.8. The molecule has 254 valence electrons. The van der Waals surface area contributed by atoms with Gasteiger partial charge in [-0.25, -0.2) is 0 Å². The zero-order valence-electron chi connectivity index (χ0n) is 29.7. The molecule has 0 spiro atoms. The number of aryl methyl sites for hydroxylation is 2. The number of hydrogen-bond donors (Lipinski definition) is 2. The third kappa shape index (κ3) is 11.9. The summed E-state index contributed by atoms with van der Waals surface area (Å²) in [6, 6.07) is 12.6. The molecular weight excluding hydrogens is 564 g/mol. The smallest absolute Gasteiger partial charge is 0.227 e. The van der Waals surface area contributed by atoms with Gasteiger partial charge in [0.2, 0.25) is 11.8 Å². The van der Waals surface area contributed by atoms with Crippen molar-refractivity contribution in [3.8, 4) is 11.1 Å². The van der Waals surface area contributed by atoms with Gasteiger partial charge in [0.25, 0.3) is 0 Å². The van der Waals surface area contributed by atoms with Gasteiger partial charge in [-0.05, 0) is 97.9 Å². The van der Waals surface area contributed by atoms with Crippen LogP contribution in [-0.4, -0.2) is 11.8 Å². The van der Waals surface area contributed by atoms with Crippen LogP contribution in [0.1, 0.15) is 153 Å². The first-order valence-corrected chi connectivity index (χ1v) is 19.2. The van der Waals surface area contributed by atoms with Gasteiger partial charge >= 0.3 is 0 Å². The molecule has 4 rings (SSSR count). The second kappa shape index (κ2) is 19.3. The van der Waals surface area contributed by atoms with Crippen LogP contribution in [0.5, 0.6) is 0 Å². The number of rotatable bonds is 23. The van der Waals surface area contributed by atoms with Crippen molar-refractivity contribution < 1.29 is 9.59 Å². The Hall–Kier alpha value is -2.62. The molecule has 0 heterocycles. The predicted molar refractivity (Wildman–Crippen MR) is 196 cm³/mol. The molecular formula is C42H64N2O2. The first-order chi connectivity index (χ1) is 22.4. The normalized spacial score (nSPS) is 20.0. The van der Waals surface area contributed by atoms with E-state index in [0.717, 1.165) is 46.5 Å². The Morgan fingerprint density at radius 2 is 0.891 bits per heavy atom. The molecule has 2 saturated carbocycles. The topological polar surface area (TPSA) is 58.2 Å². The third-order valence-electron chi connectivity index (χ3n) is 10.7. The second-order valence-electron chi connectivity index (χ2n) is 14.8. The number of hydrogen-bond acceptors (Lipinski definition) is 2. The van der Waals surface area contributed by atoms with Gasteiger partial charge in [-0.15, -0.1) is 0 Å². The largest absolute Gasteiger partial charge is 0.326 e. The van der Waals surface area contributed by atoms with Crippen molar-refractivity contribution >= 4 is 23.2 Å². The molecule has 2 N–H and O–H groups in total. The van der Waals surface area contributed by atoms with Crippen LogP contribution in [0.15, 0.2) is 36.4 Å². The average molecular weight is 629 g/mol. The Morgan fingerprint density at radius 1 is 0.543 bits per heavy atom. The fourth-order valence-electron chi connectivity index (χ4n) is 7.27. The van der Waals surface area contributed by atoms with Gasteiger partial charge in [0.15, 0.2) is 0 Å². The van der Waals surface area contributed by atoms with Crippen molar-refractivity contribution in [3.63, 3.8) is 0 Å². The number of nitrogens with one attached hydrogen (secondary N) is 2. The summed E-state index contributed by atoms with van der Waals surface area (Å²) in [5.74, 6) is 1.89. The van der Waals surface area contributed by atoms with Crippen molar-refractivity contribution in [3.05, 3.63) is 47.5 Å². The first kappa shape index (κ1) is 36.2. The maximum Gasteiger partial charge on any atom is 0.227 e. The highest BCUT2D eigenvalue weighted by Gasteiger charge is 2.43. The Balaban J connectivity index is 1.15. The van der Waals surface area contributed by atoms with E-state index in [1.807, 2.05) is 12.1 Å². The summed E-state index contributed by atoms with van der Waals surface area (Å²) in [6.07, 6.45) is 25.9. The van der Waals surface area contributed by atoms with E-state index in [0.29, 0.717) is 11.8 Å². The van der Waals surface area contributed by atoms with Gasteiger partial charge < -0.3 is 10.6 Å². The van der Waals surface area contributed by atoms with Crippen LogP contribution in [0.3, 0.4) is 0 Å². The van der Waals surface area contributed by atoms with E-state index in [1.165, 1.54) is 116 Å². The maximum atomic E-state index is 12.9. The number of benzene rings is 2. The van der Waals surface area contributed by atoms with Gasteiger partial charge in [-0.2, -0.15) is 0 Å². The van der Waals surface area contributed by atoms with Crippen LogP contribution in [0, 0.1) is 37.5 Å². The highest BCUT2D eigenvalue weighted by Crippen LogP contribution is 2.44. The molecule has 4 heteroatoms. The lowest BCUT2D eigenvalue weighted by Crippen LogP contribution is -2.15. The summed E-state index contributed by atoms with van der Waals surface area (Å²) in [6.45, 7) is 8.68. The van der Waals surface area contributed by atoms with Crippen molar-refractivity contribution in [2.75, 3.05) is 10.6 Å². The molecule has 0 aliphatic heterocycles. The maximum absolute atomic E-state index is 12.9. The van der Waals surface area contributed by atoms with E-state index in [4.69, 9.17) is 0 Å². The molecule has 0 aromatic heterocycles. The van der Waals surface area contributed by atoms with E-state index >= 15 is 0 Å². The summed E-state index contributed by atoms with van der Waals surface area (Å²) in [5, 5.41) is 6.43. The van der Waals surface area contributed by atoms with Gasteiger partial charge in [0, 0.05) is 23.2 Å². The molecule has 2 aromatic rings. The molecule has 0 bridgehead atoms. The summed E-state index contributed by atoms with van der Waals surface area (Å²) in [4.78, 5) is 25.9. The highest BCUT2D eigenvalue weighted by atomic mass is 16.2. The lowest BCUT2D eigenvalue weighted by molar-refractivity contribution is -0.118. The quantitative estimate of drug-likeness (QED) is 0.120. The minimum atomic E-state index is 0.185. The van der Waals surface area contributed by atoms with Crippen LogP contribution >= 0.6 is 0 Å². The molecule has 2 aliphatic rings. The van der Waals surface area contributed by atoms with Crippen molar-refractivity contribution in [1.29, 1.82) is 0 Å². The Morgan fingerprint density at radius 3 is 1.24 bits per heavy atom.